The Morgan fingerprint density at radius 2 is 2.44 bits per heavy atom. The minimum Gasteiger partial charge on any atom is -0.370 e. The molecule has 5 heteroatoms. The van der Waals surface area contributed by atoms with Crippen molar-refractivity contribution in [2.45, 2.75) is 44.6 Å². The number of piperidine rings is 1. The maximum absolute atomic E-state index is 11.7. The fourth-order valence-corrected chi connectivity index (χ4v) is 2.61. The van der Waals surface area contributed by atoms with E-state index in [0.29, 0.717) is 5.96 Å². The minimum absolute atomic E-state index is 0.288. The highest BCUT2D eigenvalue weighted by molar-refractivity contribution is 5.83. The van der Waals surface area contributed by atoms with Crippen molar-refractivity contribution in [1.29, 1.82) is 0 Å². The van der Waals surface area contributed by atoms with Gasteiger partial charge in [-0.05, 0) is 25.8 Å². The van der Waals surface area contributed by atoms with Crippen LogP contribution in [0.5, 0.6) is 0 Å². The first-order chi connectivity index (χ1) is 8.68. The molecule has 1 heterocycles. The number of guanidine groups is 1. The number of aliphatic imine (C=N–C) groups is 1. The molecule has 2 atom stereocenters. The molecule has 0 saturated carbocycles. The predicted octanol–water partition coefficient (Wildman–Crippen LogP) is 0.648. The summed E-state index contributed by atoms with van der Waals surface area (Å²) in [5.74, 6) is 0.638. The van der Waals surface area contributed by atoms with Crippen molar-refractivity contribution in [2.75, 3.05) is 20.1 Å². The monoisotopic (exact) mass is 254 g/mol. The Labute approximate surface area is 110 Å². The number of aldehydes is 1. The van der Waals surface area contributed by atoms with Crippen LogP contribution in [-0.2, 0) is 4.79 Å². The van der Waals surface area contributed by atoms with Crippen molar-refractivity contribution in [3.8, 4) is 0 Å². The van der Waals surface area contributed by atoms with Gasteiger partial charge in [-0.1, -0.05) is 19.8 Å². The first-order valence-corrected chi connectivity index (χ1v) is 6.86. The van der Waals surface area contributed by atoms with Gasteiger partial charge in [0.1, 0.15) is 6.29 Å². The summed E-state index contributed by atoms with van der Waals surface area (Å²) >= 11 is 0. The average Bonchev–Trinajstić information content (AvgIpc) is 2.44. The minimum atomic E-state index is -0.562. The van der Waals surface area contributed by atoms with E-state index in [1.165, 1.54) is 0 Å². The Morgan fingerprint density at radius 1 is 1.67 bits per heavy atom. The van der Waals surface area contributed by atoms with Crippen LogP contribution >= 0.6 is 0 Å². The van der Waals surface area contributed by atoms with E-state index in [-0.39, 0.29) is 5.92 Å². The molecular weight excluding hydrogens is 228 g/mol. The lowest BCUT2D eigenvalue weighted by molar-refractivity contribution is -0.115. The smallest absolute Gasteiger partial charge is 0.189 e. The summed E-state index contributed by atoms with van der Waals surface area (Å²) in [7, 11) is 1.64. The van der Waals surface area contributed by atoms with Gasteiger partial charge in [0, 0.05) is 19.5 Å². The number of nitrogens with zero attached hydrogens (tertiary/aromatic N) is 1. The second kappa shape index (κ2) is 7.36. The van der Waals surface area contributed by atoms with E-state index >= 15 is 0 Å². The van der Waals surface area contributed by atoms with Crippen LogP contribution < -0.4 is 16.4 Å². The van der Waals surface area contributed by atoms with Crippen molar-refractivity contribution in [1.82, 2.24) is 10.6 Å². The van der Waals surface area contributed by atoms with E-state index in [1.54, 1.807) is 7.05 Å². The van der Waals surface area contributed by atoms with E-state index in [9.17, 15) is 4.79 Å². The zero-order valence-electron chi connectivity index (χ0n) is 11.5. The largest absolute Gasteiger partial charge is 0.370 e. The van der Waals surface area contributed by atoms with E-state index < -0.39 is 5.54 Å². The van der Waals surface area contributed by atoms with Gasteiger partial charge in [0.25, 0.3) is 0 Å². The molecule has 1 aliphatic rings. The van der Waals surface area contributed by atoms with E-state index in [1.807, 2.05) is 0 Å². The fraction of sp³-hybridized carbons (Fsp3) is 0.846. The molecule has 4 N–H and O–H groups in total. The van der Waals surface area contributed by atoms with Gasteiger partial charge in [-0.3, -0.25) is 4.99 Å². The molecule has 0 spiro atoms. The zero-order valence-corrected chi connectivity index (χ0v) is 11.5. The lowest BCUT2D eigenvalue weighted by atomic mass is 9.77. The molecular formula is C13H26N4O. The van der Waals surface area contributed by atoms with E-state index in [2.05, 4.69) is 22.5 Å². The molecule has 104 valence electrons. The number of carbonyl (C=O) groups is 1. The Hall–Kier alpha value is -1.10. The lowest BCUT2D eigenvalue weighted by Gasteiger charge is -2.39. The van der Waals surface area contributed by atoms with Crippen LogP contribution in [0.2, 0.25) is 0 Å². The quantitative estimate of drug-likeness (QED) is 0.369. The first kappa shape index (κ1) is 15.0. The highest BCUT2D eigenvalue weighted by atomic mass is 16.1. The van der Waals surface area contributed by atoms with Crippen molar-refractivity contribution in [2.24, 2.45) is 16.6 Å². The van der Waals surface area contributed by atoms with Crippen molar-refractivity contribution >= 4 is 12.2 Å². The van der Waals surface area contributed by atoms with Crippen molar-refractivity contribution in [3.05, 3.63) is 0 Å². The van der Waals surface area contributed by atoms with Crippen LogP contribution in [0.15, 0.2) is 4.99 Å². The van der Waals surface area contributed by atoms with Gasteiger partial charge in [-0.25, -0.2) is 0 Å². The predicted molar refractivity (Wildman–Crippen MR) is 74.6 cm³/mol. The van der Waals surface area contributed by atoms with Gasteiger partial charge in [-0.15, -0.1) is 0 Å². The normalized spacial score (nSPS) is 24.3. The highest BCUT2D eigenvalue weighted by Gasteiger charge is 2.39. The molecule has 5 nitrogen and oxygen atoms in total. The molecule has 0 aromatic rings. The van der Waals surface area contributed by atoms with Gasteiger partial charge in [0.2, 0.25) is 0 Å². The SMILES string of the molecule is CCCCC(C=O)(NC(N)=NC)C1CCCNC1. The third-order valence-electron chi connectivity index (χ3n) is 3.78. The molecule has 1 aliphatic heterocycles. The molecule has 0 aromatic heterocycles. The Kier molecular flexibility index (Phi) is 6.12. The van der Waals surface area contributed by atoms with E-state index in [0.717, 1.165) is 51.5 Å². The van der Waals surface area contributed by atoms with Crippen molar-refractivity contribution in [3.63, 3.8) is 0 Å². The number of rotatable bonds is 6. The number of nitrogens with one attached hydrogen (secondary N) is 2. The van der Waals surface area contributed by atoms with Crippen LogP contribution in [0.25, 0.3) is 0 Å². The van der Waals surface area contributed by atoms with Crippen LogP contribution in [0, 0.1) is 5.92 Å². The molecule has 2 unspecified atom stereocenters. The van der Waals surface area contributed by atoms with Gasteiger partial charge in [0.05, 0.1) is 5.54 Å². The Bertz CT molecular complexity index is 287. The molecule has 0 aliphatic carbocycles. The van der Waals surface area contributed by atoms with Crippen LogP contribution in [-0.4, -0.2) is 37.9 Å². The molecule has 18 heavy (non-hydrogen) atoms. The van der Waals surface area contributed by atoms with Crippen LogP contribution in [0.4, 0.5) is 0 Å². The fourth-order valence-electron chi connectivity index (χ4n) is 2.61. The molecule has 1 rings (SSSR count). The molecule has 0 bridgehead atoms. The van der Waals surface area contributed by atoms with Gasteiger partial charge in [-0.2, -0.15) is 0 Å². The number of unbranched alkanes of at least 4 members (excludes halogenated alkanes) is 1. The summed E-state index contributed by atoms with van der Waals surface area (Å²) in [6, 6.07) is 0. The molecule has 1 saturated heterocycles. The molecule has 0 amide bonds. The lowest BCUT2D eigenvalue weighted by Crippen LogP contribution is -2.60. The molecule has 0 aromatic carbocycles. The highest BCUT2D eigenvalue weighted by Crippen LogP contribution is 2.27. The maximum Gasteiger partial charge on any atom is 0.189 e. The summed E-state index contributed by atoms with van der Waals surface area (Å²) in [6.45, 7) is 4.04. The van der Waals surface area contributed by atoms with E-state index in [4.69, 9.17) is 5.73 Å². The number of hydrogen-bond donors (Lipinski definition) is 3. The maximum atomic E-state index is 11.7. The average molecular weight is 254 g/mol. The zero-order chi connectivity index (χ0) is 13.4. The second-order valence-corrected chi connectivity index (χ2v) is 5.04. The van der Waals surface area contributed by atoms with Crippen molar-refractivity contribution < 1.29 is 4.79 Å². The summed E-state index contributed by atoms with van der Waals surface area (Å²) in [5.41, 5.74) is 5.21. The van der Waals surface area contributed by atoms with Gasteiger partial charge >= 0.3 is 0 Å². The molecule has 1 fully saturated rings. The standard InChI is InChI=1S/C13H26N4O/c1-3-4-7-13(10-18,17-12(14)15-2)11-6-5-8-16-9-11/h10-11,16H,3-9H2,1-2H3,(H3,14,15,17). The van der Waals surface area contributed by atoms with Gasteiger partial charge in [0.15, 0.2) is 5.96 Å². The number of nitrogens with two attached hydrogens (primary N) is 1. The Balaban J connectivity index is 2.84. The van der Waals surface area contributed by atoms with Crippen LogP contribution in [0.1, 0.15) is 39.0 Å². The van der Waals surface area contributed by atoms with Gasteiger partial charge < -0.3 is 21.2 Å². The number of hydrogen-bond acceptors (Lipinski definition) is 3. The topological polar surface area (TPSA) is 79.5 Å². The Morgan fingerprint density at radius 3 is 2.94 bits per heavy atom. The summed E-state index contributed by atoms with van der Waals surface area (Å²) in [4.78, 5) is 15.6. The first-order valence-electron chi connectivity index (χ1n) is 6.86. The summed E-state index contributed by atoms with van der Waals surface area (Å²) in [6.07, 6.45) is 6.10. The summed E-state index contributed by atoms with van der Waals surface area (Å²) < 4.78 is 0. The molecule has 0 radical (unpaired) electrons. The third-order valence-corrected chi connectivity index (χ3v) is 3.78. The summed E-state index contributed by atoms with van der Waals surface area (Å²) in [5, 5.41) is 6.52. The number of carbonyl (C=O) groups excluding carboxylic acids is 1. The third kappa shape index (κ3) is 3.70. The van der Waals surface area contributed by atoms with Crippen LogP contribution in [0.3, 0.4) is 0 Å². The second-order valence-electron chi connectivity index (χ2n) is 5.04.